The van der Waals surface area contributed by atoms with E-state index in [-0.39, 0.29) is 5.56 Å². The molecule has 1 saturated heterocycles. The Morgan fingerprint density at radius 1 is 0.816 bits per heavy atom. The number of esters is 4. The molecule has 0 saturated carbocycles. The van der Waals surface area contributed by atoms with E-state index in [9.17, 15) is 49.5 Å². The zero-order valence-electron chi connectivity index (χ0n) is 20.7. The molecule has 38 heavy (non-hydrogen) atoms. The average Bonchev–Trinajstić information content (AvgIpc) is 2.77. The third kappa shape index (κ3) is 4.92. The molecule has 16 nitrogen and oxygen atoms in total. The van der Waals surface area contributed by atoms with Gasteiger partial charge in [0, 0.05) is 40.4 Å². The highest BCUT2D eigenvalue weighted by molar-refractivity contribution is 5.87. The molecule has 0 bridgehead atoms. The summed E-state index contributed by atoms with van der Waals surface area (Å²) in [6.07, 6.45) is -5.32. The maximum atomic E-state index is 12.1. The predicted octanol–water partition coefficient (Wildman–Crippen LogP) is -1.78. The van der Waals surface area contributed by atoms with Crippen LogP contribution in [0.15, 0.2) is 24.3 Å². The van der Waals surface area contributed by atoms with Crippen LogP contribution in [0, 0.1) is 0 Å². The summed E-state index contributed by atoms with van der Waals surface area (Å²) in [4.78, 5) is 59.1. The molecule has 16 heteroatoms. The van der Waals surface area contributed by atoms with E-state index < -0.39 is 71.0 Å². The molecule has 1 aromatic carbocycles. The Hall–Kier alpha value is -3.67. The molecule has 210 valence electrons. The lowest BCUT2D eigenvalue weighted by Crippen LogP contribution is -2.87. The first-order chi connectivity index (χ1) is 17.4. The van der Waals surface area contributed by atoms with Crippen LogP contribution in [0.4, 0.5) is 0 Å². The van der Waals surface area contributed by atoms with Crippen molar-refractivity contribution in [2.45, 2.75) is 63.2 Å². The number of benzene rings is 1. The maximum absolute atomic E-state index is 12.1. The largest absolute Gasteiger partial charge is 0.478 e. The van der Waals surface area contributed by atoms with Gasteiger partial charge in [0.2, 0.25) is 6.29 Å². The molecule has 6 atom stereocenters. The number of carboxylic acids is 1. The molecule has 1 aliphatic heterocycles. The minimum Gasteiger partial charge on any atom is -0.478 e. The van der Waals surface area contributed by atoms with Crippen molar-refractivity contribution in [2.24, 2.45) is 0 Å². The minimum atomic E-state index is -4.10. The van der Waals surface area contributed by atoms with E-state index >= 15 is 0 Å². The SMILES string of the molecule is CO[C@]1(c2ccc(C(=O)O)cc2)O[C@H](C(O)OC(C)=O)[C@](O)(OC(C)=O)[C@@](O)(OC(C)=O)[C@]1(O)OC(C)=O. The van der Waals surface area contributed by atoms with Gasteiger partial charge in [-0.05, 0) is 12.1 Å². The first-order valence-corrected chi connectivity index (χ1v) is 10.6. The molecule has 1 aromatic rings. The second kappa shape index (κ2) is 10.6. The second-order valence-electron chi connectivity index (χ2n) is 8.01. The molecule has 1 fully saturated rings. The van der Waals surface area contributed by atoms with Crippen molar-refractivity contribution in [3.8, 4) is 0 Å². The molecule has 5 N–H and O–H groups in total. The lowest BCUT2D eigenvalue weighted by atomic mass is 9.78. The summed E-state index contributed by atoms with van der Waals surface area (Å²) in [6, 6.07) is 3.82. The normalized spacial score (nSPS) is 31.4. The van der Waals surface area contributed by atoms with Crippen molar-refractivity contribution in [1.82, 2.24) is 0 Å². The zero-order chi connectivity index (χ0) is 29.3. The Labute approximate surface area is 214 Å². The summed E-state index contributed by atoms with van der Waals surface area (Å²) in [5.41, 5.74) is -0.765. The smallest absolute Gasteiger partial charge is 0.353 e. The first-order valence-electron chi connectivity index (χ1n) is 10.6. The minimum absolute atomic E-state index is 0.296. The Balaban J connectivity index is 3.06. The summed E-state index contributed by atoms with van der Waals surface area (Å²) in [7, 11) is 0.805. The fourth-order valence-corrected chi connectivity index (χ4v) is 3.92. The van der Waals surface area contributed by atoms with Crippen molar-refractivity contribution in [3.63, 3.8) is 0 Å². The summed E-state index contributed by atoms with van der Waals surface area (Å²) in [5.74, 6) is -21.9. The average molecular weight is 546 g/mol. The summed E-state index contributed by atoms with van der Waals surface area (Å²) < 4.78 is 29.9. The van der Waals surface area contributed by atoms with Gasteiger partial charge in [0.15, 0.2) is 6.10 Å². The first kappa shape index (κ1) is 30.6. The number of methoxy groups -OCH3 is 1. The van der Waals surface area contributed by atoms with E-state index in [1.54, 1.807) is 0 Å². The van der Waals surface area contributed by atoms with Gasteiger partial charge in [0.05, 0.1) is 5.56 Å². The molecule has 0 spiro atoms. The van der Waals surface area contributed by atoms with E-state index in [0.717, 1.165) is 38.3 Å². The molecular formula is C22H26O16. The molecular weight excluding hydrogens is 520 g/mol. The molecule has 1 aliphatic rings. The van der Waals surface area contributed by atoms with Crippen LogP contribution in [0.25, 0.3) is 0 Å². The highest BCUT2D eigenvalue weighted by Crippen LogP contribution is 2.56. The van der Waals surface area contributed by atoms with Gasteiger partial charge in [-0.15, -0.1) is 0 Å². The van der Waals surface area contributed by atoms with Crippen LogP contribution in [0.3, 0.4) is 0 Å². The van der Waals surface area contributed by atoms with E-state index in [2.05, 4.69) is 4.74 Å². The number of hydrogen-bond acceptors (Lipinski definition) is 15. The monoisotopic (exact) mass is 546 g/mol. The number of aliphatic hydroxyl groups excluding tert-OH is 1. The van der Waals surface area contributed by atoms with E-state index in [0.29, 0.717) is 20.8 Å². The molecule has 0 amide bonds. The Kier molecular flexibility index (Phi) is 8.52. The van der Waals surface area contributed by atoms with Gasteiger partial charge in [0.1, 0.15) is 0 Å². The molecule has 1 unspecified atom stereocenters. The topological polar surface area (TPSA) is 242 Å². The fourth-order valence-electron chi connectivity index (χ4n) is 3.92. The van der Waals surface area contributed by atoms with Crippen LogP contribution in [0.1, 0.15) is 43.6 Å². The number of ether oxygens (including phenoxy) is 6. The van der Waals surface area contributed by atoms with Gasteiger partial charge < -0.3 is 54.0 Å². The van der Waals surface area contributed by atoms with E-state index in [1.807, 2.05) is 0 Å². The fraction of sp³-hybridized carbons (Fsp3) is 0.500. The Morgan fingerprint density at radius 2 is 1.29 bits per heavy atom. The number of aliphatic hydroxyl groups is 4. The van der Waals surface area contributed by atoms with Gasteiger partial charge in [-0.25, -0.2) is 4.79 Å². The van der Waals surface area contributed by atoms with Crippen molar-refractivity contribution in [2.75, 3.05) is 7.11 Å². The van der Waals surface area contributed by atoms with E-state index in [4.69, 9.17) is 23.7 Å². The van der Waals surface area contributed by atoms with Gasteiger partial charge in [-0.2, -0.15) is 0 Å². The Morgan fingerprint density at radius 3 is 1.68 bits per heavy atom. The number of carbonyl (C=O) groups excluding carboxylic acids is 4. The quantitative estimate of drug-likeness (QED) is 0.137. The predicted molar refractivity (Wildman–Crippen MR) is 115 cm³/mol. The second-order valence-corrected chi connectivity index (χ2v) is 8.01. The third-order valence-corrected chi connectivity index (χ3v) is 5.30. The van der Waals surface area contributed by atoms with Gasteiger partial charge in [-0.3, -0.25) is 19.2 Å². The summed E-state index contributed by atoms with van der Waals surface area (Å²) in [6.45, 7) is 2.89. The van der Waals surface area contributed by atoms with E-state index in [1.165, 1.54) is 0 Å². The van der Waals surface area contributed by atoms with Crippen LogP contribution < -0.4 is 0 Å². The summed E-state index contributed by atoms with van der Waals surface area (Å²) in [5, 5.41) is 54.8. The molecule has 2 rings (SSSR count). The van der Waals surface area contributed by atoms with Crippen molar-refractivity contribution >= 4 is 29.8 Å². The van der Waals surface area contributed by atoms with Crippen LogP contribution in [-0.2, 0) is 53.4 Å². The van der Waals surface area contributed by atoms with Crippen molar-refractivity contribution in [3.05, 3.63) is 35.4 Å². The lowest BCUT2D eigenvalue weighted by Gasteiger charge is -2.60. The Bertz CT molecular complexity index is 1120. The highest BCUT2D eigenvalue weighted by Gasteiger charge is 2.87. The standard InChI is InChI=1S/C22H26O16/c1-10(23)34-18(29)16-19(30,35-11(2)24)21(31,36-12(3)25)22(32,37-13(4)26)20(33-5,38-16)15-8-6-14(7-9-15)17(27)28/h6-9,16,18,29-32H,1-5H3,(H,27,28)/t16-,18?,19+,20-,21-,22-/m1/s1. The van der Waals surface area contributed by atoms with Crippen LogP contribution in [0.2, 0.25) is 0 Å². The van der Waals surface area contributed by atoms with Crippen LogP contribution >= 0.6 is 0 Å². The van der Waals surface area contributed by atoms with Crippen molar-refractivity contribution < 1.29 is 77.9 Å². The lowest BCUT2D eigenvalue weighted by molar-refractivity contribution is -0.572. The van der Waals surface area contributed by atoms with Gasteiger partial charge >= 0.3 is 47.2 Å². The summed E-state index contributed by atoms with van der Waals surface area (Å²) >= 11 is 0. The van der Waals surface area contributed by atoms with Crippen molar-refractivity contribution in [1.29, 1.82) is 0 Å². The molecule has 0 aromatic heterocycles. The van der Waals surface area contributed by atoms with Crippen LogP contribution in [0.5, 0.6) is 0 Å². The van der Waals surface area contributed by atoms with Gasteiger partial charge in [-0.1, -0.05) is 12.1 Å². The highest BCUT2D eigenvalue weighted by atomic mass is 16.9. The third-order valence-electron chi connectivity index (χ3n) is 5.30. The maximum Gasteiger partial charge on any atom is 0.353 e. The van der Waals surface area contributed by atoms with Crippen LogP contribution in [-0.4, -0.2) is 92.2 Å². The van der Waals surface area contributed by atoms with Gasteiger partial charge in [0.25, 0.3) is 5.79 Å². The molecule has 1 heterocycles. The number of rotatable bonds is 8. The number of carboxylic acid groups (broad SMARTS) is 1. The zero-order valence-corrected chi connectivity index (χ0v) is 20.7. The number of carbonyl (C=O) groups is 5. The molecule has 0 radical (unpaired) electrons. The molecule has 0 aliphatic carbocycles. The number of hydrogen-bond donors (Lipinski definition) is 5. The number of aromatic carboxylic acids is 1.